The highest BCUT2D eigenvalue weighted by Crippen LogP contribution is 2.37. The number of aliphatic hydroxyl groups is 1. The summed E-state index contributed by atoms with van der Waals surface area (Å²) in [5.41, 5.74) is -0.674. The molecular weight excluding hydrogens is 518 g/mol. The Morgan fingerprint density at radius 1 is 1.05 bits per heavy atom. The minimum atomic E-state index is -4.10. The predicted octanol–water partition coefficient (Wildman–Crippen LogP) is 4.95. The number of rotatable bonds is 12. The van der Waals surface area contributed by atoms with Gasteiger partial charge < -0.3 is 10.0 Å². The van der Waals surface area contributed by atoms with Gasteiger partial charge in [-0.15, -0.1) is 0 Å². The Morgan fingerprint density at radius 3 is 2.15 bits per heavy atom. The third kappa shape index (κ3) is 6.85. The van der Waals surface area contributed by atoms with Gasteiger partial charge in [-0.2, -0.15) is 4.31 Å². The lowest BCUT2D eigenvalue weighted by Gasteiger charge is -2.47. The molecule has 39 heavy (non-hydrogen) atoms. The van der Waals surface area contributed by atoms with Crippen LogP contribution in [-0.4, -0.2) is 59.3 Å². The first-order chi connectivity index (χ1) is 18.4. The van der Waals surface area contributed by atoms with Crippen LogP contribution >= 0.6 is 0 Å². The van der Waals surface area contributed by atoms with Gasteiger partial charge in [0.1, 0.15) is 0 Å². The minimum absolute atomic E-state index is 0.0174. The van der Waals surface area contributed by atoms with Gasteiger partial charge in [0.15, 0.2) is 0 Å². The number of carbonyl (C=O) groups is 1. The average molecular weight is 560 g/mol. The van der Waals surface area contributed by atoms with E-state index < -0.39 is 26.6 Å². The Hall–Kier alpha value is -2.82. The number of hydrogen-bond donors (Lipinski definition) is 1. The van der Waals surface area contributed by atoms with Crippen LogP contribution in [0.1, 0.15) is 65.4 Å². The van der Waals surface area contributed by atoms with Crippen molar-refractivity contribution in [3.63, 3.8) is 0 Å². The molecule has 2 aromatic carbocycles. The van der Waals surface area contributed by atoms with Crippen molar-refractivity contribution in [2.24, 2.45) is 11.8 Å². The van der Waals surface area contributed by atoms with Gasteiger partial charge >= 0.3 is 0 Å². The van der Waals surface area contributed by atoms with E-state index in [1.165, 1.54) is 16.4 Å². The average Bonchev–Trinajstić information content (AvgIpc) is 2.93. The summed E-state index contributed by atoms with van der Waals surface area (Å²) in [5.74, 6) is -0.195. The maximum absolute atomic E-state index is 13.9. The van der Waals surface area contributed by atoms with E-state index in [9.17, 15) is 28.4 Å². The van der Waals surface area contributed by atoms with Crippen molar-refractivity contribution in [3.8, 4) is 0 Å². The number of nitro groups is 1. The van der Waals surface area contributed by atoms with Crippen molar-refractivity contribution in [1.82, 2.24) is 9.21 Å². The number of nitrogens with zero attached hydrogens (tertiary/aromatic N) is 3. The molecule has 0 radical (unpaired) electrons. The van der Waals surface area contributed by atoms with Crippen molar-refractivity contribution in [2.75, 3.05) is 19.6 Å². The lowest BCUT2D eigenvalue weighted by Crippen LogP contribution is -2.59. The zero-order valence-electron chi connectivity index (χ0n) is 23.3. The quantitative estimate of drug-likeness (QED) is 0.290. The Morgan fingerprint density at radius 2 is 1.64 bits per heavy atom. The summed E-state index contributed by atoms with van der Waals surface area (Å²) in [5, 5.41) is 23.0. The fourth-order valence-electron chi connectivity index (χ4n) is 5.52. The molecule has 10 heteroatoms. The van der Waals surface area contributed by atoms with Gasteiger partial charge in [-0.1, -0.05) is 63.4 Å². The predicted molar refractivity (Wildman–Crippen MR) is 150 cm³/mol. The van der Waals surface area contributed by atoms with Crippen LogP contribution in [0.3, 0.4) is 0 Å². The molecule has 1 fully saturated rings. The van der Waals surface area contributed by atoms with E-state index in [2.05, 4.69) is 0 Å². The topological polar surface area (TPSA) is 121 Å². The standard InChI is InChI=1S/C29H41N3O6S/c1-5-31(28(34)23-12-8-6-9-13-23)29(4,24-14-10-7-11-15-24)27(33)21-30(20-22(2)3)39(37,38)26-18-16-25(17-19-26)32(35)36/h7,10-11,14-19,22-23,27,33H,5-6,8-9,12-13,20-21H2,1-4H3/t27-,29+/m1/s1. The number of non-ortho nitro benzene ring substituents is 1. The molecule has 0 unspecified atom stereocenters. The third-order valence-electron chi connectivity index (χ3n) is 7.74. The number of likely N-dealkylation sites (N-methyl/N-ethyl adjacent to an activating group) is 1. The molecule has 1 aliphatic rings. The van der Waals surface area contributed by atoms with Crippen LogP contribution < -0.4 is 0 Å². The molecule has 9 nitrogen and oxygen atoms in total. The molecule has 1 saturated carbocycles. The van der Waals surface area contributed by atoms with Crippen LogP contribution in [0.5, 0.6) is 0 Å². The van der Waals surface area contributed by atoms with Gasteiger partial charge in [0.25, 0.3) is 5.69 Å². The monoisotopic (exact) mass is 559 g/mol. The van der Waals surface area contributed by atoms with E-state index in [1.54, 1.807) is 4.90 Å². The van der Waals surface area contributed by atoms with Crippen molar-refractivity contribution in [1.29, 1.82) is 0 Å². The van der Waals surface area contributed by atoms with Crippen LogP contribution in [0.25, 0.3) is 0 Å². The van der Waals surface area contributed by atoms with E-state index in [-0.39, 0.29) is 41.4 Å². The van der Waals surface area contributed by atoms with Crippen LogP contribution in [-0.2, 0) is 20.4 Å². The summed E-state index contributed by atoms with van der Waals surface area (Å²) in [6.07, 6.45) is 3.47. The molecule has 0 spiro atoms. The van der Waals surface area contributed by atoms with Gasteiger partial charge in [-0.25, -0.2) is 8.42 Å². The molecule has 0 saturated heterocycles. The zero-order valence-corrected chi connectivity index (χ0v) is 24.1. The van der Waals surface area contributed by atoms with Crippen molar-refractivity contribution >= 4 is 21.6 Å². The zero-order chi connectivity index (χ0) is 28.8. The highest BCUT2D eigenvalue weighted by molar-refractivity contribution is 7.89. The first kappa shape index (κ1) is 30.7. The highest BCUT2D eigenvalue weighted by Gasteiger charge is 2.46. The van der Waals surface area contributed by atoms with Gasteiger partial charge in [0.05, 0.1) is 21.5 Å². The minimum Gasteiger partial charge on any atom is -0.389 e. The summed E-state index contributed by atoms with van der Waals surface area (Å²) >= 11 is 0. The van der Waals surface area contributed by atoms with Crippen LogP contribution in [0.4, 0.5) is 5.69 Å². The first-order valence-electron chi connectivity index (χ1n) is 13.7. The highest BCUT2D eigenvalue weighted by atomic mass is 32.2. The smallest absolute Gasteiger partial charge is 0.269 e. The maximum Gasteiger partial charge on any atom is 0.269 e. The van der Waals surface area contributed by atoms with Gasteiger partial charge in [0.2, 0.25) is 15.9 Å². The Balaban J connectivity index is 2.02. The second-order valence-corrected chi connectivity index (χ2v) is 12.9. The van der Waals surface area contributed by atoms with Crippen LogP contribution in [0.2, 0.25) is 0 Å². The lowest BCUT2D eigenvalue weighted by molar-refractivity contribution is -0.384. The Labute approximate surface area is 232 Å². The second kappa shape index (κ2) is 13.0. The molecule has 2 atom stereocenters. The first-order valence-corrected chi connectivity index (χ1v) is 15.2. The Bertz CT molecular complexity index is 1210. The van der Waals surface area contributed by atoms with Crippen molar-refractivity contribution in [2.45, 2.75) is 76.3 Å². The SMILES string of the molecule is CCN(C(=O)C1CCCCC1)[C@@](C)(c1ccccc1)[C@H](O)CN(CC(C)C)S(=O)(=O)c1ccc([N+](=O)[O-])cc1. The molecule has 2 aromatic rings. The molecule has 1 amide bonds. The van der Waals surface area contributed by atoms with Gasteiger partial charge in [-0.05, 0) is 50.3 Å². The molecule has 0 heterocycles. The second-order valence-electron chi connectivity index (χ2n) is 10.9. The molecule has 3 rings (SSSR count). The van der Waals surface area contributed by atoms with Gasteiger partial charge in [0, 0.05) is 37.7 Å². The van der Waals surface area contributed by atoms with E-state index >= 15 is 0 Å². The maximum atomic E-state index is 13.9. The molecule has 0 aromatic heterocycles. The number of aliphatic hydroxyl groups excluding tert-OH is 1. The Kier molecular flexibility index (Phi) is 10.3. The summed E-state index contributed by atoms with van der Waals surface area (Å²) < 4.78 is 28.7. The van der Waals surface area contributed by atoms with E-state index in [0.717, 1.165) is 49.8 Å². The van der Waals surface area contributed by atoms with E-state index in [1.807, 2.05) is 58.0 Å². The van der Waals surface area contributed by atoms with Crippen LogP contribution in [0.15, 0.2) is 59.5 Å². The van der Waals surface area contributed by atoms with Crippen LogP contribution in [0, 0.1) is 22.0 Å². The van der Waals surface area contributed by atoms with Crippen molar-refractivity contribution < 1.29 is 23.2 Å². The third-order valence-corrected chi connectivity index (χ3v) is 9.58. The summed E-state index contributed by atoms with van der Waals surface area (Å²) in [6, 6.07) is 14.0. The lowest BCUT2D eigenvalue weighted by atomic mass is 9.81. The number of hydrogen-bond acceptors (Lipinski definition) is 6. The molecule has 0 bridgehead atoms. The summed E-state index contributed by atoms with van der Waals surface area (Å²) in [6.45, 7) is 7.69. The molecule has 214 valence electrons. The number of nitro benzene ring substituents is 1. The van der Waals surface area contributed by atoms with E-state index in [4.69, 9.17) is 0 Å². The summed E-state index contributed by atoms with van der Waals surface area (Å²) in [4.78, 5) is 26.0. The number of carbonyl (C=O) groups excluding carboxylic acids is 1. The van der Waals surface area contributed by atoms with Crippen molar-refractivity contribution in [3.05, 3.63) is 70.3 Å². The molecule has 0 aliphatic heterocycles. The number of benzene rings is 2. The van der Waals surface area contributed by atoms with E-state index in [0.29, 0.717) is 6.54 Å². The number of sulfonamides is 1. The molecular formula is C29H41N3O6S. The molecule has 1 N–H and O–H groups in total. The summed E-state index contributed by atoms with van der Waals surface area (Å²) in [7, 11) is -4.10. The fraction of sp³-hybridized carbons (Fsp3) is 0.552. The normalized spacial score (nSPS) is 17.1. The largest absolute Gasteiger partial charge is 0.389 e. The van der Waals surface area contributed by atoms with Gasteiger partial charge in [-0.3, -0.25) is 14.9 Å². The molecule has 1 aliphatic carbocycles. The number of amides is 1. The fourth-order valence-corrected chi connectivity index (χ4v) is 7.13.